The number of hydrogen-bond donors (Lipinski definition) is 1. The summed E-state index contributed by atoms with van der Waals surface area (Å²) in [5.41, 5.74) is 8.93. The molecule has 5 heteroatoms. The zero-order valence-electron chi connectivity index (χ0n) is 29.8. The number of benzene rings is 4. The average molecular weight is 631 g/mol. The van der Waals surface area contributed by atoms with Crippen LogP contribution in [0.5, 0.6) is 5.75 Å². The maximum Gasteiger partial charge on any atom is 0.229 e. The Labute approximate surface area is 276 Å². The van der Waals surface area contributed by atoms with Crippen molar-refractivity contribution >= 4 is 36.3 Å². The second kappa shape index (κ2) is 11.7. The summed E-state index contributed by atoms with van der Waals surface area (Å²) < 4.78 is 6.55. The van der Waals surface area contributed by atoms with Crippen molar-refractivity contribution in [3.8, 4) is 28.3 Å². The highest BCUT2D eigenvalue weighted by molar-refractivity contribution is 6.88. The number of para-hydroxylation sites is 1. The number of phenolic OH excluding ortho intramolecular Hbond substituents is 1. The van der Waals surface area contributed by atoms with Crippen molar-refractivity contribution < 1.29 is 9.52 Å². The monoisotopic (exact) mass is 630 g/mol. The van der Waals surface area contributed by atoms with Crippen LogP contribution in [0.15, 0.2) is 82.2 Å². The number of aromatic nitrogens is 1. The molecule has 0 saturated carbocycles. The van der Waals surface area contributed by atoms with E-state index in [1.807, 2.05) is 30.3 Å². The normalized spacial score (nSPS) is 13.2. The Bertz CT molecular complexity index is 1920. The van der Waals surface area contributed by atoms with Crippen LogP contribution in [0.4, 0.5) is 5.69 Å². The molecule has 0 aliphatic heterocycles. The first-order chi connectivity index (χ1) is 21.2. The van der Waals surface area contributed by atoms with E-state index in [0.29, 0.717) is 11.5 Å². The third-order valence-electron chi connectivity index (χ3n) is 8.71. The quantitative estimate of drug-likeness (QED) is 0.155. The van der Waals surface area contributed by atoms with Crippen LogP contribution in [0.25, 0.3) is 33.7 Å². The fraction of sp³-hybridized carbons (Fsp3) is 0.366. The van der Waals surface area contributed by atoms with Crippen LogP contribution in [0.2, 0.25) is 19.6 Å². The first-order valence-corrected chi connectivity index (χ1v) is 19.8. The smallest absolute Gasteiger partial charge is 0.229 e. The van der Waals surface area contributed by atoms with Gasteiger partial charge in [-0.3, -0.25) is 4.99 Å². The molecule has 1 N–H and O–H groups in total. The molecule has 1 heterocycles. The molecule has 0 amide bonds. The van der Waals surface area contributed by atoms with E-state index in [1.54, 1.807) is 6.21 Å². The van der Waals surface area contributed by atoms with Crippen LogP contribution in [-0.4, -0.2) is 24.4 Å². The molecule has 0 aliphatic carbocycles. The molecule has 46 heavy (non-hydrogen) atoms. The Kier molecular flexibility index (Phi) is 8.48. The third kappa shape index (κ3) is 6.90. The van der Waals surface area contributed by atoms with E-state index in [2.05, 4.69) is 124 Å². The number of phenols is 1. The van der Waals surface area contributed by atoms with Crippen molar-refractivity contribution in [2.75, 3.05) is 0 Å². The van der Waals surface area contributed by atoms with Gasteiger partial charge in [-0.25, -0.2) is 4.98 Å². The van der Waals surface area contributed by atoms with Crippen molar-refractivity contribution in [1.82, 2.24) is 4.98 Å². The van der Waals surface area contributed by atoms with Crippen molar-refractivity contribution in [1.29, 1.82) is 0 Å². The lowest BCUT2D eigenvalue weighted by molar-refractivity contribution is 0.444. The molecule has 4 aromatic carbocycles. The summed E-state index contributed by atoms with van der Waals surface area (Å²) in [5.74, 6) is 0.792. The maximum atomic E-state index is 11.3. The molecule has 5 aromatic rings. The summed E-state index contributed by atoms with van der Waals surface area (Å²) in [6.07, 6.45) is 1.77. The topological polar surface area (TPSA) is 58.6 Å². The number of rotatable bonds is 5. The van der Waals surface area contributed by atoms with E-state index >= 15 is 0 Å². The molecule has 0 unspecified atom stereocenters. The van der Waals surface area contributed by atoms with Crippen LogP contribution >= 0.6 is 0 Å². The summed E-state index contributed by atoms with van der Waals surface area (Å²) in [5, 5.41) is 12.8. The van der Waals surface area contributed by atoms with E-state index in [1.165, 1.54) is 10.8 Å². The first kappa shape index (κ1) is 33.4. The van der Waals surface area contributed by atoms with E-state index in [4.69, 9.17) is 14.4 Å². The minimum Gasteiger partial charge on any atom is -0.507 e. The summed E-state index contributed by atoms with van der Waals surface area (Å²) in [6, 6.07) is 25.5. The Hall–Kier alpha value is -3.96. The lowest BCUT2D eigenvalue weighted by Crippen LogP contribution is -2.37. The molecule has 0 saturated heterocycles. The number of aromatic hydroxyl groups is 1. The standard InChI is InChI=1S/C41H50N2O2Si/c1-39(2,3)28-21-27(37(44)33(23-28)41(7,8)9)25-42-34-16-14-13-15-31(34)38-43-36-32(22-29(40(4,5)6)24-35(36)45-38)26-17-19-30(20-18-26)46(10,11)12/h13-25,44H,1-12H3. The van der Waals surface area contributed by atoms with Crippen molar-refractivity contribution in [2.45, 2.75) is 98.2 Å². The van der Waals surface area contributed by atoms with Crippen LogP contribution in [0.3, 0.4) is 0 Å². The molecule has 0 bridgehead atoms. The molecule has 0 radical (unpaired) electrons. The zero-order valence-corrected chi connectivity index (χ0v) is 30.8. The Balaban J connectivity index is 1.64. The van der Waals surface area contributed by atoms with Gasteiger partial charge in [-0.1, -0.05) is 130 Å². The Morgan fingerprint density at radius 3 is 1.91 bits per heavy atom. The van der Waals surface area contributed by atoms with E-state index in [0.717, 1.165) is 44.6 Å². The van der Waals surface area contributed by atoms with Gasteiger partial charge in [0.2, 0.25) is 5.89 Å². The molecular formula is C41H50N2O2Si. The highest BCUT2D eigenvalue weighted by atomic mass is 28.3. The molecule has 5 rings (SSSR count). The highest BCUT2D eigenvalue weighted by Crippen LogP contribution is 2.40. The van der Waals surface area contributed by atoms with Crippen LogP contribution in [-0.2, 0) is 16.2 Å². The number of hydrogen-bond acceptors (Lipinski definition) is 4. The van der Waals surface area contributed by atoms with Crippen LogP contribution in [0.1, 0.15) is 84.6 Å². The Morgan fingerprint density at radius 2 is 1.33 bits per heavy atom. The van der Waals surface area contributed by atoms with E-state index < -0.39 is 8.07 Å². The second-order valence-corrected chi connectivity index (χ2v) is 21.8. The van der Waals surface area contributed by atoms with Gasteiger partial charge in [-0.2, -0.15) is 0 Å². The summed E-state index contributed by atoms with van der Waals surface area (Å²) >= 11 is 0. The predicted molar refractivity (Wildman–Crippen MR) is 199 cm³/mol. The van der Waals surface area contributed by atoms with E-state index in [-0.39, 0.29) is 22.0 Å². The second-order valence-electron chi connectivity index (χ2n) is 16.7. The van der Waals surface area contributed by atoms with Gasteiger partial charge in [0, 0.05) is 22.9 Å². The van der Waals surface area contributed by atoms with Crippen molar-refractivity contribution in [2.24, 2.45) is 4.99 Å². The molecule has 0 atom stereocenters. The van der Waals surface area contributed by atoms with Gasteiger partial charge in [0.15, 0.2) is 5.58 Å². The molecule has 0 spiro atoms. The van der Waals surface area contributed by atoms with Gasteiger partial charge in [0.25, 0.3) is 0 Å². The third-order valence-corrected chi connectivity index (χ3v) is 10.8. The van der Waals surface area contributed by atoms with Gasteiger partial charge in [0.1, 0.15) is 11.3 Å². The minimum atomic E-state index is -1.42. The average Bonchev–Trinajstić information content (AvgIpc) is 3.38. The van der Waals surface area contributed by atoms with Gasteiger partial charge in [-0.05, 0) is 63.3 Å². The fourth-order valence-electron chi connectivity index (χ4n) is 5.61. The predicted octanol–water partition coefficient (Wildman–Crippen LogP) is 11.1. The van der Waals surface area contributed by atoms with Gasteiger partial charge in [0.05, 0.1) is 19.3 Å². The molecule has 1 aromatic heterocycles. The van der Waals surface area contributed by atoms with Gasteiger partial charge < -0.3 is 9.52 Å². The van der Waals surface area contributed by atoms with Gasteiger partial charge >= 0.3 is 0 Å². The Morgan fingerprint density at radius 1 is 0.717 bits per heavy atom. The number of fused-ring (bicyclic) bond motifs is 1. The zero-order chi connectivity index (χ0) is 33.8. The summed E-state index contributed by atoms with van der Waals surface area (Å²) in [6.45, 7) is 26.7. The SMILES string of the molecule is CC(C)(C)c1cc(C=Nc2ccccc2-c2nc3c(-c4ccc([Si](C)(C)C)cc4)cc(C(C)(C)C)cc3o2)c(O)c(C(C)(C)C)c1. The molecule has 0 aliphatic rings. The number of nitrogens with zero attached hydrogens (tertiary/aromatic N) is 2. The molecule has 0 fully saturated rings. The lowest BCUT2D eigenvalue weighted by Gasteiger charge is -2.27. The molecule has 4 nitrogen and oxygen atoms in total. The highest BCUT2D eigenvalue weighted by Gasteiger charge is 2.25. The maximum absolute atomic E-state index is 11.3. The number of oxazole rings is 1. The fourth-order valence-corrected chi connectivity index (χ4v) is 6.78. The van der Waals surface area contributed by atoms with Crippen molar-refractivity contribution in [3.63, 3.8) is 0 Å². The van der Waals surface area contributed by atoms with Crippen molar-refractivity contribution in [3.05, 3.63) is 95.1 Å². The molecular weight excluding hydrogens is 581 g/mol. The minimum absolute atomic E-state index is 0.0636. The lowest BCUT2D eigenvalue weighted by atomic mass is 9.79. The van der Waals surface area contributed by atoms with Crippen LogP contribution in [0, 0.1) is 0 Å². The molecule has 240 valence electrons. The van der Waals surface area contributed by atoms with E-state index in [9.17, 15) is 5.11 Å². The number of aliphatic imine (C=N–C) groups is 1. The largest absolute Gasteiger partial charge is 0.507 e. The summed E-state index contributed by atoms with van der Waals surface area (Å²) in [7, 11) is -1.42. The van der Waals surface area contributed by atoms with Gasteiger partial charge in [-0.15, -0.1) is 0 Å². The van der Waals surface area contributed by atoms with Crippen LogP contribution < -0.4 is 5.19 Å². The summed E-state index contributed by atoms with van der Waals surface area (Å²) in [4.78, 5) is 10.0. The first-order valence-electron chi connectivity index (χ1n) is 16.3.